The van der Waals surface area contributed by atoms with Crippen LogP contribution in [0.5, 0.6) is 0 Å². The third kappa shape index (κ3) is 3.99. The molecule has 0 aromatic rings. The van der Waals surface area contributed by atoms with Crippen LogP contribution in [0.2, 0.25) is 0 Å². The van der Waals surface area contributed by atoms with Crippen LogP contribution in [0, 0.1) is 0 Å². The van der Waals surface area contributed by atoms with Crippen molar-refractivity contribution in [3.05, 3.63) is 0 Å². The van der Waals surface area contributed by atoms with E-state index in [1.54, 1.807) is 0 Å². The summed E-state index contributed by atoms with van der Waals surface area (Å²) in [4.78, 5) is 2.55. The lowest BCUT2D eigenvalue weighted by Gasteiger charge is -2.13. The lowest BCUT2D eigenvalue weighted by Crippen LogP contribution is -2.22. The van der Waals surface area contributed by atoms with Crippen LogP contribution in [0.1, 0.15) is 12.8 Å². The zero-order chi connectivity index (χ0) is 7.94. The zero-order valence-electron chi connectivity index (χ0n) is 7.09. The van der Waals surface area contributed by atoms with Crippen LogP contribution in [0.4, 0.5) is 0 Å². The van der Waals surface area contributed by atoms with Gasteiger partial charge in [-0.2, -0.15) is 11.8 Å². The van der Waals surface area contributed by atoms with Crippen LogP contribution in [-0.2, 0) is 0 Å². The molecule has 1 fully saturated rings. The van der Waals surface area contributed by atoms with Gasteiger partial charge in [0.25, 0.3) is 0 Å². The SMILES string of the molecule is NCCSCCN1CCCC1. The van der Waals surface area contributed by atoms with Crippen LogP contribution in [0.3, 0.4) is 0 Å². The molecule has 3 heteroatoms. The molecule has 0 amide bonds. The van der Waals surface area contributed by atoms with Crippen LogP contribution in [0.25, 0.3) is 0 Å². The molecule has 2 N–H and O–H groups in total. The lowest BCUT2D eigenvalue weighted by atomic mass is 10.4. The molecule has 0 atom stereocenters. The molecule has 1 saturated heterocycles. The van der Waals surface area contributed by atoms with Crippen molar-refractivity contribution in [2.75, 3.05) is 37.7 Å². The Bertz CT molecular complexity index is 92.1. The Labute approximate surface area is 73.5 Å². The Kier molecular flexibility index (Phi) is 4.99. The van der Waals surface area contributed by atoms with Gasteiger partial charge in [-0.15, -0.1) is 0 Å². The topological polar surface area (TPSA) is 29.3 Å². The summed E-state index contributed by atoms with van der Waals surface area (Å²) in [6.45, 7) is 4.74. The quantitative estimate of drug-likeness (QED) is 0.624. The molecule has 1 aliphatic rings. The van der Waals surface area contributed by atoms with Crippen LogP contribution < -0.4 is 5.73 Å². The smallest absolute Gasteiger partial charge is 0.00723 e. The molecule has 0 radical (unpaired) electrons. The van der Waals surface area contributed by atoms with Crippen LogP contribution in [0.15, 0.2) is 0 Å². The van der Waals surface area contributed by atoms with Crippen molar-refractivity contribution in [3.8, 4) is 0 Å². The van der Waals surface area contributed by atoms with Gasteiger partial charge >= 0.3 is 0 Å². The fraction of sp³-hybridized carbons (Fsp3) is 1.00. The average Bonchev–Trinajstić information content (AvgIpc) is 2.50. The molecule has 11 heavy (non-hydrogen) atoms. The minimum Gasteiger partial charge on any atom is -0.330 e. The molecule has 1 aliphatic heterocycles. The van der Waals surface area contributed by atoms with Gasteiger partial charge in [-0.1, -0.05) is 0 Å². The molecule has 0 aliphatic carbocycles. The fourth-order valence-electron chi connectivity index (χ4n) is 1.39. The van der Waals surface area contributed by atoms with E-state index in [1.165, 1.54) is 38.2 Å². The summed E-state index contributed by atoms with van der Waals surface area (Å²) < 4.78 is 0. The molecule has 1 rings (SSSR count). The molecule has 0 aromatic heterocycles. The van der Waals surface area contributed by atoms with E-state index in [4.69, 9.17) is 5.73 Å². The summed E-state index contributed by atoms with van der Waals surface area (Å²) in [6, 6.07) is 0. The first-order valence-corrected chi connectivity index (χ1v) is 5.59. The number of nitrogens with zero attached hydrogens (tertiary/aromatic N) is 1. The largest absolute Gasteiger partial charge is 0.330 e. The maximum absolute atomic E-state index is 5.39. The van der Waals surface area contributed by atoms with E-state index in [9.17, 15) is 0 Å². The minimum atomic E-state index is 0.824. The second-order valence-electron chi connectivity index (χ2n) is 2.95. The monoisotopic (exact) mass is 174 g/mol. The Morgan fingerprint density at radius 2 is 1.91 bits per heavy atom. The third-order valence-electron chi connectivity index (χ3n) is 2.01. The molecular weight excluding hydrogens is 156 g/mol. The van der Waals surface area contributed by atoms with Gasteiger partial charge in [0.05, 0.1) is 0 Å². The van der Waals surface area contributed by atoms with Crippen molar-refractivity contribution in [1.82, 2.24) is 4.90 Å². The second kappa shape index (κ2) is 5.86. The molecule has 0 saturated carbocycles. The molecule has 0 spiro atoms. The molecule has 1 heterocycles. The number of hydrogen-bond donors (Lipinski definition) is 1. The summed E-state index contributed by atoms with van der Waals surface area (Å²) in [6.07, 6.45) is 2.81. The number of likely N-dealkylation sites (tertiary alicyclic amines) is 1. The van der Waals surface area contributed by atoms with Crippen molar-refractivity contribution in [3.63, 3.8) is 0 Å². The van der Waals surface area contributed by atoms with Gasteiger partial charge in [-0.3, -0.25) is 0 Å². The zero-order valence-corrected chi connectivity index (χ0v) is 7.91. The summed E-state index contributed by atoms with van der Waals surface area (Å²) in [5.41, 5.74) is 5.39. The molecule has 0 bridgehead atoms. The molecule has 2 nitrogen and oxygen atoms in total. The average molecular weight is 174 g/mol. The normalized spacial score (nSPS) is 19.4. The highest BCUT2D eigenvalue weighted by molar-refractivity contribution is 7.99. The predicted octanol–water partition coefficient (Wildman–Crippen LogP) is 0.774. The van der Waals surface area contributed by atoms with Gasteiger partial charge in [-0.05, 0) is 25.9 Å². The summed E-state index contributed by atoms with van der Waals surface area (Å²) >= 11 is 1.97. The van der Waals surface area contributed by atoms with Gasteiger partial charge in [0.2, 0.25) is 0 Å². The first-order chi connectivity index (χ1) is 5.43. The highest BCUT2D eigenvalue weighted by atomic mass is 32.2. The van der Waals surface area contributed by atoms with Crippen molar-refractivity contribution in [2.24, 2.45) is 5.73 Å². The lowest BCUT2D eigenvalue weighted by molar-refractivity contribution is 0.362. The first kappa shape index (κ1) is 9.36. The summed E-state index contributed by atoms with van der Waals surface area (Å²) in [5.74, 6) is 2.38. The van der Waals surface area contributed by atoms with E-state index in [0.717, 1.165) is 12.3 Å². The maximum atomic E-state index is 5.39. The highest BCUT2D eigenvalue weighted by Gasteiger charge is 2.09. The maximum Gasteiger partial charge on any atom is 0.00723 e. The molecular formula is C8H18N2S. The van der Waals surface area contributed by atoms with Crippen LogP contribution in [-0.4, -0.2) is 42.6 Å². The van der Waals surface area contributed by atoms with Gasteiger partial charge in [0.15, 0.2) is 0 Å². The number of thioether (sulfide) groups is 1. The summed E-state index contributed by atoms with van der Waals surface area (Å²) in [7, 11) is 0. The van der Waals surface area contributed by atoms with E-state index in [2.05, 4.69) is 4.90 Å². The van der Waals surface area contributed by atoms with Crippen molar-refractivity contribution in [1.29, 1.82) is 0 Å². The van der Waals surface area contributed by atoms with Gasteiger partial charge in [0, 0.05) is 24.6 Å². The van der Waals surface area contributed by atoms with E-state index in [0.29, 0.717) is 0 Å². The Morgan fingerprint density at radius 3 is 2.55 bits per heavy atom. The molecule has 0 aromatic carbocycles. The first-order valence-electron chi connectivity index (χ1n) is 4.43. The second-order valence-corrected chi connectivity index (χ2v) is 4.17. The number of hydrogen-bond acceptors (Lipinski definition) is 3. The standard InChI is InChI=1S/C8H18N2S/c9-3-7-11-8-6-10-4-1-2-5-10/h1-9H2. The fourth-order valence-corrected chi connectivity index (χ4v) is 2.14. The number of nitrogens with two attached hydrogens (primary N) is 1. The predicted molar refractivity (Wildman–Crippen MR) is 52.1 cm³/mol. The third-order valence-corrected chi connectivity index (χ3v) is 3.01. The highest BCUT2D eigenvalue weighted by Crippen LogP contribution is 2.08. The van der Waals surface area contributed by atoms with Gasteiger partial charge < -0.3 is 10.6 Å². The van der Waals surface area contributed by atoms with Crippen LogP contribution >= 0.6 is 11.8 Å². The van der Waals surface area contributed by atoms with E-state index in [-0.39, 0.29) is 0 Å². The summed E-state index contributed by atoms with van der Waals surface area (Å²) in [5, 5.41) is 0. The van der Waals surface area contributed by atoms with Crippen molar-refractivity contribution >= 4 is 11.8 Å². The van der Waals surface area contributed by atoms with E-state index in [1.807, 2.05) is 11.8 Å². The Balaban J connectivity index is 1.86. The van der Waals surface area contributed by atoms with E-state index < -0.39 is 0 Å². The Morgan fingerprint density at radius 1 is 1.18 bits per heavy atom. The van der Waals surface area contributed by atoms with Crippen molar-refractivity contribution < 1.29 is 0 Å². The molecule has 66 valence electrons. The molecule has 0 unspecified atom stereocenters. The van der Waals surface area contributed by atoms with Crippen molar-refractivity contribution in [2.45, 2.75) is 12.8 Å². The Hall–Kier alpha value is 0.270. The number of rotatable bonds is 5. The minimum absolute atomic E-state index is 0.824. The van der Waals surface area contributed by atoms with Gasteiger partial charge in [-0.25, -0.2) is 0 Å². The van der Waals surface area contributed by atoms with E-state index >= 15 is 0 Å². The van der Waals surface area contributed by atoms with Gasteiger partial charge in [0.1, 0.15) is 0 Å².